The molecule has 0 saturated carbocycles. The van der Waals surface area contributed by atoms with Crippen molar-refractivity contribution in [3.8, 4) is 0 Å². The zero-order valence-electron chi connectivity index (χ0n) is 19.0. The highest BCUT2D eigenvalue weighted by Crippen LogP contribution is 2.39. The summed E-state index contributed by atoms with van der Waals surface area (Å²) in [7, 11) is 0. The molecule has 1 saturated heterocycles. The lowest BCUT2D eigenvalue weighted by Gasteiger charge is -2.30. The van der Waals surface area contributed by atoms with E-state index in [0.29, 0.717) is 12.1 Å². The molecule has 1 aromatic heterocycles. The minimum atomic E-state index is -1.13. The van der Waals surface area contributed by atoms with Gasteiger partial charge in [-0.3, -0.25) is 9.78 Å². The summed E-state index contributed by atoms with van der Waals surface area (Å²) >= 11 is 0. The SMILES string of the molecule is CC(C)[C@H](NC(=O)OC(C)(C)C)C(=O)N1CC2(CC(c3cccnc3)=NO2)C[C@H]1C(=O)O. The fourth-order valence-electron chi connectivity index (χ4n) is 3.93. The van der Waals surface area contributed by atoms with Gasteiger partial charge in [0.25, 0.3) is 0 Å². The molecule has 1 fully saturated rings. The van der Waals surface area contributed by atoms with E-state index in [-0.39, 0.29) is 18.9 Å². The summed E-state index contributed by atoms with van der Waals surface area (Å²) in [6, 6.07) is 1.60. The monoisotopic (exact) mass is 446 g/mol. The number of rotatable bonds is 5. The Morgan fingerprint density at radius 2 is 2.06 bits per heavy atom. The summed E-state index contributed by atoms with van der Waals surface area (Å²) in [5.74, 6) is -1.91. The van der Waals surface area contributed by atoms with Crippen LogP contribution in [0.4, 0.5) is 4.79 Å². The number of carbonyl (C=O) groups is 3. The van der Waals surface area contributed by atoms with Crippen molar-refractivity contribution in [1.82, 2.24) is 15.2 Å². The van der Waals surface area contributed by atoms with Crippen LogP contribution in [0.25, 0.3) is 0 Å². The summed E-state index contributed by atoms with van der Waals surface area (Å²) in [4.78, 5) is 48.7. The predicted octanol–water partition coefficient (Wildman–Crippen LogP) is 2.18. The number of carbonyl (C=O) groups excluding carboxylic acids is 2. The maximum atomic E-state index is 13.4. The van der Waals surface area contributed by atoms with Gasteiger partial charge in [-0.05, 0) is 38.8 Å². The number of carboxylic acid groups (broad SMARTS) is 1. The van der Waals surface area contributed by atoms with E-state index in [4.69, 9.17) is 9.57 Å². The molecule has 3 rings (SSSR count). The lowest BCUT2D eigenvalue weighted by atomic mass is 9.92. The number of hydrogen-bond donors (Lipinski definition) is 2. The third kappa shape index (κ3) is 5.17. The second-order valence-corrected chi connectivity index (χ2v) is 9.62. The molecular weight excluding hydrogens is 416 g/mol. The van der Waals surface area contributed by atoms with Gasteiger partial charge in [0.2, 0.25) is 5.91 Å². The third-order valence-corrected chi connectivity index (χ3v) is 5.41. The van der Waals surface area contributed by atoms with Crippen LogP contribution in [0, 0.1) is 5.92 Å². The van der Waals surface area contributed by atoms with Gasteiger partial charge in [0.1, 0.15) is 17.7 Å². The van der Waals surface area contributed by atoms with Gasteiger partial charge in [-0.1, -0.05) is 19.0 Å². The maximum absolute atomic E-state index is 13.4. The number of oxime groups is 1. The number of hydrogen-bond acceptors (Lipinski definition) is 7. The van der Waals surface area contributed by atoms with Crippen molar-refractivity contribution in [3.05, 3.63) is 30.1 Å². The molecule has 1 unspecified atom stereocenters. The molecule has 0 radical (unpaired) electrons. The highest BCUT2D eigenvalue weighted by molar-refractivity contribution is 6.01. The number of ether oxygens (including phenoxy) is 1. The molecule has 0 aromatic carbocycles. The van der Waals surface area contributed by atoms with Crippen LogP contribution >= 0.6 is 0 Å². The summed E-state index contributed by atoms with van der Waals surface area (Å²) in [6.07, 6.45) is 3.03. The van der Waals surface area contributed by atoms with Gasteiger partial charge in [0.05, 0.1) is 12.3 Å². The Balaban J connectivity index is 1.77. The van der Waals surface area contributed by atoms with Crippen LogP contribution in [-0.2, 0) is 19.2 Å². The highest BCUT2D eigenvalue weighted by atomic mass is 16.7. The fraction of sp³-hybridized carbons (Fsp3) is 0.591. The summed E-state index contributed by atoms with van der Waals surface area (Å²) in [5.41, 5.74) is -0.220. The Labute approximate surface area is 187 Å². The van der Waals surface area contributed by atoms with Gasteiger partial charge >= 0.3 is 12.1 Å². The first kappa shape index (κ1) is 23.5. The Hall–Kier alpha value is -3.17. The zero-order valence-corrected chi connectivity index (χ0v) is 19.0. The van der Waals surface area contributed by atoms with Crippen molar-refractivity contribution >= 4 is 23.7 Å². The van der Waals surface area contributed by atoms with Crippen LogP contribution in [0.2, 0.25) is 0 Å². The molecule has 2 aliphatic heterocycles. The lowest BCUT2D eigenvalue weighted by molar-refractivity contribution is -0.149. The standard InChI is InChI=1S/C22H30N4O6/c1-13(2)17(24-20(30)31-21(3,4)5)18(27)26-12-22(10-16(26)19(28)29)9-15(25-32-22)14-7-6-8-23-11-14/h6-8,11,13,16-17H,9-10,12H2,1-5H3,(H,24,30)(H,28,29)/t16-,17-,22?/m0/s1. The summed E-state index contributed by atoms with van der Waals surface area (Å²) in [5, 5.41) is 16.6. The molecule has 10 nitrogen and oxygen atoms in total. The third-order valence-electron chi connectivity index (χ3n) is 5.41. The number of nitrogens with one attached hydrogen (secondary N) is 1. The Morgan fingerprint density at radius 1 is 1.34 bits per heavy atom. The van der Waals surface area contributed by atoms with Crippen molar-refractivity contribution in [2.75, 3.05) is 6.54 Å². The lowest BCUT2D eigenvalue weighted by Crippen LogP contribution is -2.54. The normalized spacial score (nSPS) is 23.6. The van der Waals surface area contributed by atoms with E-state index in [0.717, 1.165) is 5.56 Å². The molecule has 174 valence electrons. The van der Waals surface area contributed by atoms with Gasteiger partial charge in [0, 0.05) is 30.8 Å². The number of pyridine rings is 1. The number of amides is 2. The first-order valence-electron chi connectivity index (χ1n) is 10.6. The first-order valence-corrected chi connectivity index (χ1v) is 10.6. The average Bonchev–Trinajstić information content (AvgIpc) is 3.29. The summed E-state index contributed by atoms with van der Waals surface area (Å²) < 4.78 is 5.28. The summed E-state index contributed by atoms with van der Waals surface area (Å²) in [6.45, 7) is 8.77. The van der Waals surface area contributed by atoms with Crippen molar-refractivity contribution in [1.29, 1.82) is 0 Å². The van der Waals surface area contributed by atoms with Crippen LogP contribution in [0.5, 0.6) is 0 Å². The number of likely N-dealkylation sites (tertiary alicyclic amines) is 1. The molecule has 3 heterocycles. The van der Waals surface area contributed by atoms with E-state index < -0.39 is 41.3 Å². The van der Waals surface area contributed by atoms with E-state index in [1.165, 1.54) is 4.90 Å². The van der Waals surface area contributed by atoms with Crippen LogP contribution in [0.3, 0.4) is 0 Å². The predicted molar refractivity (Wildman–Crippen MR) is 115 cm³/mol. The number of carboxylic acids is 1. The van der Waals surface area contributed by atoms with E-state index >= 15 is 0 Å². The Bertz CT molecular complexity index is 911. The Morgan fingerprint density at radius 3 is 2.62 bits per heavy atom. The number of nitrogens with zero attached hydrogens (tertiary/aromatic N) is 3. The van der Waals surface area contributed by atoms with Crippen molar-refractivity contribution < 1.29 is 29.1 Å². The quantitative estimate of drug-likeness (QED) is 0.709. The van der Waals surface area contributed by atoms with Crippen molar-refractivity contribution in [3.63, 3.8) is 0 Å². The molecule has 3 atom stereocenters. The molecule has 2 aliphatic rings. The van der Waals surface area contributed by atoms with Crippen LogP contribution in [0.1, 0.15) is 53.0 Å². The molecule has 2 amide bonds. The minimum Gasteiger partial charge on any atom is -0.480 e. The molecule has 2 N–H and O–H groups in total. The van der Waals surface area contributed by atoms with Gasteiger partial charge in [-0.15, -0.1) is 0 Å². The zero-order chi connectivity index (χ0) is 23.7. The van der Waals surface area contributed by atoms with Gasteiger partial charge in [-0.25, -0.2) is 9.59 Å². The molecular formula is C22H30N4O6. The Kier molecular flexibility index (Phi) is 6.43. The van der Waals surface area contributed by atoms with E-state index in [2.05, 4.69) is 15.5 Å². The smallest absolute Gasteiger partial charge is 0.408 e. The van der Waals surface area contributed by atoms with Crippen LogP contribution in [-0.4, -0.2) is 68.5 Å². The van der Waals surface area contributed by atoms with E-state index in [1.807, 2.05) is 6.07 Å². The maximum Gasteiger partial charge on any atom is 0.408 e. The molecule has 1 spiro atoms. The second-order valence-electron chi connectivity index (χ2n) is 9.62. The topological polar surface area (TPSA) is 130 Å². The number of aromatic nitrogens is 1. The minimum absolute atomic E-state index is 0.0509. The molecule has 0 aliphatic carbocycles. The van der Waals surface area contributed by atoms with Gasteiger partial charge in [0.15, 0.2) is 5.60 Å². The molecule has 1 aromatic rings. The van der Waals surface area contributed by atoms with Gasteiger partial charge < -0.3 is 24.9 Å². The molecule has 10 heteroatoms. The van der Waals surface area contributed by atoms with E-state index in [9.17, 15) is 19.5 Å². The largest absolute Gasteiger partial charge is 0.480 e. The highest BCUT2D eigenvalue weighted by Gasteiger charge is 2.55. The second kappa shape index (κ2) is 8.76. The van der Waals surface area contributed by atoms with Crippen molar-refractivity contribution in [2.24, 2.45) is 11.1 Å². The number of aliphatic carboxylic acids is 1. The average molecular weight is 447 g/mol. The molecule has 0 bridgehead atoms. The van der Waals surface area contributed by atoms with Crippen LogP contribution < -0.4 is 5.32 Å². The van der Waals surface area contributed by atoms with Gasteiger partial charge in [-0.2, -0.15) is 0 Å². The van der Waals surface area contributed by atoms with Crippen molar-refractivity contribution in [2.45, 2.75) is 70.7 Å². The number of alkyl carbamates (subject to hydrolysis) is 1. The fourth-order valence-corrected chi connectivity index (χ4v) is 3.93. The van der Waals surface area contributed by atoms with E-state index in [1.54, 1.807) is 53.1 Å². The molecule has 32 heavy (non-hydrogen) atoms. The van der Waals surface area contributed by atoms with Crippen LogP contribution in [0.15, 0.2) is 29.7 Å². The first-order chi connectivity index (χ1) is 14.9.